The van der Waals surface area contributed by atoms with Crippen molar-refractivity contribution < 1.29 is 0 Å². The predicted octanol–water partition coefficient (Wildman–Crippen LogP) is 1.55. The van der Waals surface area contributed by atoms with Gasteiger partial charge in [0, 0.05) is 22.3 Å². The number of halogens is 1. The van der Waals surface area contributed by atoms with Crippen LogP contribution in [-0.2, 0) is 0 Å². The second-order valence-corrected chi connectivity index (χ2v) is 3.53. The van der Waals surface area contributed by atoms with Crippen LogP contribution in [0.1, 0.15) is 24.9 Å². The first-order chi connectivity index (χ1) is 5.65. The van der Waals surface area contributed by atoms with Gasteiger partial charge in [-0.3, -0.25) is 4.79 Å². The largest absolute Gasteiger partial charge is 0.328 e. The first-order valence-corrected chi connectivity index (χ1v) is 4.58. The fourth-order valence-corrected chi connectivity index (χ4v) is 1.33. The van der Waals surface area contributed by atoms with Gasteiger partial charge in [0.05, 0.1) is 0 Å². The Hall–Kier alpha value is -0.610. The molecular weight excluding hydrogens is 220 g/mol. The highest BCUT2D eigenvalue weighted by atomic mass is 79.9. The van der Waals surface area contributed by atoms with Gasteiger partial charge in [-0.2, -0.15) is 0 Å². The predicted molar refractivity (Wildman–Crippen MR) is 52.0 cm³/mol. The van der Waals surface area contributed by atoms with Crippen molar-refractivity contribution in [1.82, 2.24) is 4.98 Å². The number of rotatable bonds is 2. The topological polar surface area (TPSA) is 58.9 Å². The van der Waals surface area contributed by atoms with Crippen LogP contribution in [0.5, 0.6) is 0 Å². The lowest BCUT2D eigenvalue weighted by atomic mass is 10.1. The van der Waals surface area contributed by atoms with Gasteiger partial charge in [0.1, 0.15) is 0 Å². The Bertz CT molecular complexity index is 321. The number of aromatic amines is 1. The van der Waals surface area contributed by atoms with Crippen LogP contribution in [0.15, 0.2) is 21.5 Å². The third-order valence-electron chi connectivity index (χ3n) is 1.74. The van der Waals surface area contributed by atoms with Crippen molar-refractivity contribution in [2.75, 3.05) is 0 Å². The summed E-state index contributed by atoms with van der Waals surface area (Å²) < 4.78 is 0.848. The maximum atomic E-state index is 11.2. The molecule has 66 valence electrons. The molecule has 0 radical (unpaired) electrons. The summed E-state index contributed by atoms with van der Waals surface area (Å²) >= 11 is 3.27. The molecule has 1 aromatic heterocycles. The molecular formula is C8H11BrN2O. The molecule has 0 aromatic carbocycles. The Labute approximate surface area is 79.1 Å². The molecule has 1 rings (SSSR count). The number of hydrogen-bond acceptors (Lipinski definition) is 2. The number of aromatic nitrogens is 1. The van der Waals surface area contributed by atoms with E-state index in [4.69, 9.17) is 5.73 Å². The molecule has 0 aliphatic carbocycles. The van der Waals surface area contributed by atoms with Gasteiger partial charge < -0.3 is 10.7 Å². The van der Waals surface area contributed by atoms with E-state index in [1.54, 1.807) is 12.3 Å². The summed E-state index contributed by atoms with van der Waals surface area (Å²) in [7, 11) is 0. The average molecular weight is 231 g/mol. The van der Waals surface area contributed by atoms with Crippen LogP contribution in [0.4, 0.5) is 0 Å². The highest BCUT2D eigenvalue weighted by molar-refractivity contribution is 9.10. The number of nitrogens with two attached hydrogens (primary N) is 1. The van der Waals surface area contributed by atoms with Gasteiger partial charge >= 0.3 is 0 Å². The van der Waals surface area contributed by atoms with Gasteiger partial charge in [0.25, 0.3) is 5.56 Å². The van der Waals surface area contributed by atoms with E-state index in [2.05, 4.69) is 20.9 Å². The fourth-order valence-electron chi connectivity index (χ4n) is 0.969. The van der Waals surface area contributed by atoms with Crippen molar-refractivity contribution in [3.8, 4) is 0 Å². The molecule has 0 aliphatic rings. The first-order valence-electron chi connectivity index (χ1n) is 3.79. The lowest BCUT2D eigenvalue weighted by molar-refractivity contribution is 0.688. The second-order valence-electron chi connectivity index (χ2n) is 2.62. The quantitative estimate of drug-likeness (QED) is 0.811. The van der Waals surface area contributed by atoms with Gasteiger partial charge in [0.2, 0.25) is 0 Å². The van der Waals surface area contributed by atoms with Crippen molar-refractivity contribution in [2.24, 2.45) is 5.73 Å². The van der Waals surface area contributed by atoms with Crippen LogP contribution in [0.2, 0.25) is 0 Å². The second kappa shape index (κ2) is 3.87. The monoisotopic (exact) mass is 230 g/mol. The summed E-state index contributed by atoms with van der Waals surface area (Å²) in [4.78, 5) is 13.8. The van der Waals surface area contributed by atoms with E-state index in [9.17, 15) is 4.79 Å². The maximum Gasteiger partial charge on any atom is 0.252 e. The Kier molecular flexibility index (Phi) is 3.05. The molecule has 0 bridgehead atoms. The molecule has 0 fully saturated rings. The van der Waals surface area contributed by atoms with E-state index in [0.717, 1.165) is 10.9 Å². The zero-order valence-corrected chi connectivity index (χ0v) is 8.39. The van der Waals surface area contributed by atoms with E-state index in [-0.39, 0.29) is 11.6 Å². The summed E-state index contributed by atoms with van der Waals surface area (Å²) in [5.74, 6) is 0. The molecule has 0 saturated carbocycles. The number of nitrogens with one attached hydrogen (secondary N) is 1. The van der Waals surface area contributed by atoms with Crippen LogP contribution in [0.25, 0.3) is 0 Å². The number of pyridine rings is 1. The summed E-state index contributed by atoms with van der Waals surface area (Å²) in [6, 6.07) is 1.58. The summed E-state index contributed by atoms with van der Waals surface area (Å²) in [5.41, 5.74) is 6.25. The zero-order chi connectivity index (χ0) is 9.14. The molecule has 3 nitrogen and oxygen atoms in total. The highest BCUT2D eigenvalue weighted by Crippen LogP contribution is 2.13. The van der Waals surface area contributed by atoms with E-state index in [1.807, 2.05) is 6.92 Å². The minimum absolute atomic E-state index is 0.104. The Morgan fingerprint density at radius 3 is 3.00 bits per heavy atom. The van der Waals surface area contributed by atoms with Gasteiger partial charge in [-0.05, 0) is 28.4 Å². The Morgan fingerprint density at radius 2 is 2.42 bits per heavy atom. The molecule has 1 atom stereocenters. The average Bonchev–Trinajstić information content (AvgIpc) is 2.08. The number of hydrogen-bond donors (Lipinski definition) is 2. The minimum atomic E-state index is -0.175. The van der Waals surface area contributed by atoms with Crippen molar-refractivity contribution in [3.05, 3.63) is 32.7 Å². The van der Waals surface area contributed by atoms with Gasteiger partial charge in [-0.25, -0.2) is 0 Å². The lowest BCUT2D eigenvalue weighted by Crippen LogP contribution is -2.20. The SMILES string of the molecule is CCC(N)c1cc(Br)c[nH]c1=O. The summed E-state index contributed by atoms with van der Waals surface area (Å²) in [5, 5.41) is 0. The van der Waals surface area contributed by atoms with Gasteiger partial charge in [0.15, 0.2) is 0 Å². The molecule has 0 amide bonds. The van der Waals surface area contributed by atoms with E-state index < -0.39 is 0 Å². The van der Waals surface area contributed by atoms with E-state index in [0.29, 0.717) is 5.56 Å². The van der Waals surface area contributed by atoms with Crippen LogP contribution in [-0.4, -0.2) is 4.98 Å². The standard InChI is InChI=1S/C8H11BrN2O/c1-2-7(10)6-3-5(9)4-11-8(6)12/h3-4,7H,2,10H2,1H3,(H,11,12). The van der Waals surface area contributed by atoms with Crippen LogP contribution >= 0.6 is 15.9 Å². The van der Waals surface area contributed by atoms with Crippen molar-refractivity contribution in [2.45, 2.75) is 19.4 Å². The maximum absolute atomic E-state index is 11.2. The van der Waals surface area contributed by atoms with Crippen LogP contribution < -0.4 is 11.3 Å². The molecule has 0 saturated heterocycles. The molecule has 4 heteroatoms. The van der Waals surface area contributed by atoms with Crippen molar-refractivity contribution in [3.63, 3.8) is 0 Å². The van der Waals surface area contributed by atoms with E-state index in [1.165, 1.54) is 0 Å². The molecule has 3 N–H and O–H groups in total. The summed E-state index contributed by atoms with van der Waals surface area (Å²) in [6.07, 6.45) is 2.37. The lowest BCUT2D eigenvalue weighted by Gasteiger charge is -2.07. The van der Waals surface area contributed by atoms with E-state index >= 15 is 0 Å². The van der Waals surface area contributed by atoms with Crippen molar-refractivity contribution in [1.29, 1.82) is 0 Å². The van der Waals surface area contributed by atoms with Crippen LogP contribution in [0.3, 0.4) is 0 Å². The van der Waals surface area contributed by atoms with Gasteiger partial charge in [-0.15, -0.1) is 0 Å². The molecule has 1 heterocycles. The number of H-pyrrole nitrogens is 1. The third-order valence-corrected chi connectivity index (χ3v) is 2.19. The van der Waals surface area contributed by atoms with Crippen LogP contribution in [0, 0.1) is 0 Å². The Morgan fingerprint density at radius 1 is 1.75 bits per heavy atom. The smallest absolute Gasteiger partial charge is 0.252 e. The minimum Gasteiger partial charge on any atom is -0.328 e. The first kappa shape index (κ1) is 9.48. The van der Waals surface area contributed by atoms with Gasteiger partial charge in [-0.1, -0.05) is 6.92 Å². The summed E-state index contributed by atoms with van der Waals surface area (Å²) in [6.45, 7) is 1.95. The molecule has 1 unspecified atom stereocenters. The zero-order valence-electron chi connectivity index (χ0n) is 6.80. The molecule has 12 heavy (non-hydrogen) atoms. The van der Waals surface area contributed by atoms with Crippen molar-refractivity contribution >= 4 is 15.9 Å². The highest BCUT2D eigenvalue weighted by Gasteiger charge is 2.07. The molecule has 1 aromatic rings. The molecule has 0 spiro atoms. The fraction of sp³-hybridized carbons (Fsp3) is 0.375. The third kappa shape index (κ3) is 1.95. The Balaban J connectivity index is 3.13. The normalized spacial score (nSPS) is 12.9. The molecule has 0 aliphatic heterocycles.